The molecule has 206 valence electrons. The number of halogens is 3. The molecule has 6 nitrogen and oxygen atoms in total. The van der Waals surface area contributed by atoms with Crippen LogP contribution < -0.4 is 10.6 Å². The summed E-state index contributed by atoms with van der Waals surface area (Å²) in [5.41, 5.74) is 2.13. The summed E-state index contributed by atoms with van der Waals surface area (Å²) in [6.07, 6.45) is -3.01. The molecule has 0 aromatic heterocycles. The van der Waals surface area contributed by atoms with E-state index in [1.807, 2.05) is 48.5 Å². The second-order valence-electron chi connectivity index (χ2n) is 9.39. The van der Waals surface area contributed by atoms with Gasteiger partial charge in [0.2, 0.25) is 17.6 Å². The Balaban J connectivity index is 1.46. The van der Waals surface area contributed by atoms with Gasteiger partial charge in [0.25, 0.3) is 0 Å². The number of benzene rings is 2. The third-order valence-corrected chi connectivity index (χ3v) is 7.50. The smallest absolute Gasteiger partial charge is 0.353 e. The van der Waals surface area contributed by atoms with Gasteiger partial charge >= 0.3 is 6.18 Å². The van der Waals surface area contributed by atoms with Gasteiger partial charge < -0.3 is 15.5 Å². The predicted octanol–water partition coefficient (Wildman–Crippen LogP) is 3.96. The normalized spacial score (nSPS) is 16.7. The summed E-state index contributed by atoms with van der Waals surface area (Å²) in [4.78, 5) is 38.9. The van der Waals surface area contributed by atoms with Crippen molar-refractivity contribution in [3.05, 3.63) is 71.8 Å². The van der Waals surface area contributed by atoms with Crippen LogP contribution in [0.5, 0.6) is 0 Å². The number of hydrogen-bond donors (Lipinski definition) is 2. The average Bonchev–Trinajstić information content (AvgIpc) is 3.37. The van der Waals surface area contributed by atoms with Crippen LogP contribution in [-0.4, -0.2) is 72.4 Å². The minimum atomic E-state index is -4.84. The van der Waals surface area contributed by atoms with Crippen LogP contribution in [0.3, 0.4) is 0 Å². The summed E-state index contributed by atoms with van der Waals surface area (Å²) in [5, 5.41) is 5.68. The standard InChI is InChI=1S/C28H34F3N3O3S/c29-28(30,31)25(35)20-38-17-7-12-24(33-26(36)18-21-8-3-1-4-9-21)27(37)32-14-16-34-15-13-23(19-34)22-10-5-2-6-11-22/h1-6,8-11,23-24H,7,12-20H2,(H,32,37)(H,33,36)/t23?,24-/m0/s1. The van der Waals surface area contributed by atoms with E-state index < -0.39 is 23.8 Å². The van der Waals surface area contributed by atoms with Crippen molar-refractivity contribution >= 4 is 29.4 Å². The van der Waals surface area contributed by atoms with Gasteiger partial charge in [-0.15, -0.1) is 0 Å². The highest BCUT2D eigenvalue weighted by Gasteiger charge is 2.37. The lowest BCUT2D eigenvalue weighted by Crippen LogP contribution is -2.48. The first-order valence-electron chi connectivity index (χ1n) is 12.8. The zero-order valence-corrected chi connectivity index (χ0v) is 22.0. The van der Waals surface area contributed by atoms with E-state index in [2.05, 4.69) is 27.7 Å². The highest BCUT2D eigenvalue weighted by Crippen LogP contribution is 2.26. The maximum atomic E-state index is 12.9. The molecule has 0 aliphatic carbocycles. The molecule has 10 heteroatoms. The molecule has 2 N–H and O–H groups in total. The zero-order chi connectivity index (χ0) is 27.4. The van der Waals surface area contributed by atoms with Crippen LogP contribution in [0.25, 0.3) is 0 Å². The van der Waals surface area contributed by atoms with Crippen molar-refractivity contribution in [2.45, 2.75) is 43.8 Å². The highest BCUT2D eigenvalue weighted by atomic mass is 32.2. The van der Waals surface area contributed by atoms with E-state index in [-0.39, 0.29) is 30.4 Å². The summed E-state index contributed by atoms with van der Waals surface area (Å²) >= 11 is 0.876. The number of likely N-dealkylation sites (tertiary alicyclic amines) is 1. The van der Waals surface area contributed by atoms with E-state index in [4.69, 9.17) is 0 Å². The third kappa shape index (κ3) is 10.1. The van der Waals surface area contributed by atoms with Gasteiger partial charge in [-0.05, 0) is 48.6 Å². The van der Waals surface area contributed by atoms with Gasteiger partial charge in [-0.25, -0.2) is 0 Å². The SMILES string of the molecule is O=C(Cc1ccccc1)N[C@@H](CCCSCC(=O)C(F)(F)F)C(=O)NCCN1CCC(c2ccccc2)C1. The summed E-state index contributed by atoms with van der Waals surface area (Å²) in [7, 11) is 0. The van der Waals surface area contributed by atoms with Gasteiger partial charge in [0.1, 0.15) is 6.04 Å². The number of hydrogen-bond acceptors (Lipinski definition) is 5. The van der Waals surface area contributed by atoms with Crippen molar-refractivity contribution in [3.63, 3.8) is 0 Å². The number of nitrogens with zero attached hydrogens (tertiary/aromatic N) is 1. The lowest BCUT2D eigenvalue weighted by molar-refractivity contribution is -0.167. The molecule has 1 unspecified atom stereocenters. The molecule has 2 atom stereocenters. The molecule has 2 amide bonds. The maximum Gasteiger partial charge on any atom is 0.450 e. The number of amides is 2. The molecule has 2 aromatic carbocycles. The van der Waals surface area contributed by atoms with E-state index in [1.165, 1.54) is 5.56 Å². The van der Waals surface area contributed by atoms with Crippen molar-refractivity contribution in [2.24, 2.45) is 0 Å². The molecular weight excluding hydrogens is 515 g/mol. The molecule has 1 aliphatic heterocycles. The Labute approximate surface area is 225 Å². The Hall–Kier alpha value is -2.85. The molecular formula is C28H34F3N3O3S. The van der Waals surface area contributed by atoms with E-state index >= 15 is 0 Å². The molecule has 2 aromatic rings. The second-order valence-corrected chi connectivity index (χ2v) is 10.5. The monoisotopic (exact) mass is 549 g/mol. The lowest BCUT2D eigenvalue weighted by Gasteiger charge is -2.21. The van der Waals surface area contributed by atoms with Crippen LogP contribution in [0.2, 0.25) is 0 Å². The van der Waals surface area contributed by atoms with Crippen molar-refractivity contribution in [1.82, 2.24) is 15.5 Å². The van der Waals surface area contributed by atoms with Crippen LogP contribution in [0, 0.1) is 0 Å². The first-order chi connectivity index (χ1) is 18.2. The number of rotatable bonds is 14. The number of nitrogens with one attached hydrogen (secondary N) is 2. The summed E-state index contributed by atoms with van der Waals surface area (Å²) in [6.45, 7) is 2.99. The van der Waals surface area contributed by atoms with E-state index in [0.29, 0.717) is 25.4 Å². The summed E-state index contributed by atoms with van der Waals surface area (Å²) < 4.78 is 37.2. The number of thioether (sulfide) groups is 1. The van der Waals surface area contributed by atoms with Crippen LogP contribution >= 0.6 is 11.8 Å². The number of carbonyl (C=O) groups is 3. The van der Waals surface area contributed by atoms with E-state index in [0.717, 1.165) is 36.8 Å². The second kappa shape index (κ2) is 14.9. The maximum absolute atomic E-state index is 12.9. The van der Waals surface area contributed by atoms with E-state index in [9.17, 15) is 27.6 Å². The van der Waals surface area contributed by atoms with Gasteiger partial charge in [-0.1, -0.05) is 60.7 Å². The molecule has 1 heterocycles. The molecule has 1 saturated heterocycles. The molecule has 38 heavy (non-hydrogen) atoms. The minimum absolute atomic E-state index is 0.119. The van der Waals surface area contributed by atoms with Crippen molar-refractivity contribution < 1.29 is 27.6 Å². The average molecular weight is 550 g/mol. The number of alkyl halides is 3. The van der Waals surface area contributed by atoms with Crippen LogP contribution in [0.1, 0.15) is 36.3 Å². The van der Waals surface area contributed by atoms with Crippen molar-refractivity contribution in [2.75, 3.05) is 37.7 Å². The zero-order valence-electron chi connectivity index (χ0n) is 21.2. The molecule has 1 aliphatic rings. The fourth-order valence-electron chi connectivity index (χ4n) is 4.43. The van der Waals surface area contributed by atoms with E-state index in [1.54, 1.807) is 0 Å². The van der Waals surface area contributed by atoms with Crippen LogP contribution in [-0.2, 0) is 20.8 Å². The fourth-order valence-corrected chi connectivity index (χ4v) is 5.29. The first-order valence-corrected chi connectivity index (χ1v) is 13.9. The molecule has 0 saturated carbocycles. The molecule has 0 radical (unpaired) electrons. The molecule has 3 rings (SSSR count). The Morgan fingerprint density at radius 1 is 1.03 bits per heavy atom. The lowest BCUT2D eigenvalue weighted by atomic mass is 9.99. The Bertz CT molecular complexity index is 1040. The quantitative estimate of drug-likeness (QED) is 0.349. The Morgan fingerprint density at radius 2 is 1.71 bits per heavy atom. The molecule has 0 spiro atoms. The first kappa shape index (κ1) is 29.7. The number of carbonyl (C=O) groups excluding carboxylic acids is 3. The number of Topliss-reactive ketones (excluding diaryl/α,β-unsaturated/α-hetero) is 1. The predicted molar refractivity (Wildman–Crippen MR) is 143 cm³/mol. The molecule has 1 fully saturated rings. The Kier molecular flexibility index (Phi) is 11.7. The van der Waals surface area contributed by atoms with Gasteiger partial charge in [0.15, 0.2) is 0 Å². The number of ketones is 1. The third-order valence-electron chi connectivity index (χ3n) is 6.46. The van der Waals surface area contributed by atoms with Crippen LogP contribution in [0.15, 0.2) is 60.7 Å². The van der Waals surface area contributed by atoms with Crippen molar-refractivity contribution in [3.8, 4) is 0 Å². The van der Waals surface area contributed by atoms with Gasteiger partial charge in [-0.3, -0.25) is 14.4 Å². The Morgan fingerprint density at radius 3 is 2.39 bits per heavy atom. The highest BCUT2D eigenvalue weighted by molar-refractivity contribution is 7.99. The van der Waals surface area contributed by atoms with Crippen molar-refractivity contribution in [1.29, 1.82) is 0 Å². The van der Waals surface area contributed by atoms with Crippen LogP contribution in [0.4, 0.5) is 13.2 Å². The van der Waals surface area contributed by atoms with Gasteiger partial charge in [0.05, 0.1) is 12.2 Å². The largest absolute Gasteiger partial charge is 0.450 e. The summed E-state index contributed by atoms with van der Waals surface area (Å²) in [5.74, 6) is -2.30. The fraction of sp³-hybridized carbons (Fsp3) is 0.464. The minimum Gasteiger partial charge on any atom is -0.353 e. The molecule has 0 bridgehead atoms. The topological polar surface area (TPSA) is 78.5 Å². The van der Waals surface area contributed by atoms with Gasteiger partial charge in [0, 0.05) is 19.6 Å². The van der Waals surface area contributed by atoms with Gasteiger partial charge in [-0.2, -0.15) is 24.9 Å². The summed E-state index contributed by atoms with van der Waals surface area (Å²) in [6, 6.07) is 18.7.